The Bertz CT molecular complexity index is 1080. The molecule has 0 spiro atoms. The number of amides is 1. The van der Waals surface area contributed by atoms with E-state index in [9.17, 15) is 18.0 Å². The molecule has 1 fully saturated rings. The fourth-order valence-corrected chi connectivity index (χ4v) is 4.23. The quantitative estimate of drug-likeness (QED) is 0.631. The molecule has 0 aliphatic carbocycles. The molecule has 1 saturated heterocycles. The third kappa shape index (κ3) is 5.53. The van der Waals surface area contributed by atoms with E-state index in [0.717, 1.165) is 21.0 Å². The monoisotopic (exact) mass is 450 g/mol. The molecule has 11 heteroatoms. The third-order valence-electron chi connectivity index (χ3n) is 5.26. The van der Waals surface area contributed by atoms with Crippen molar-refractivity contribution in [1.29, 1.82) is 0 Å². The van der Waals surface area contributed by atoms with Crippen LogP contribution in [0.25, 0.3) is 21.5 Å². The molecular weight excluding hydrogens is 429 g/mol. The van der Waals surface area contributed by atoms with Crippen molar-refractivity contribution in [2.24, 2.45) is 5.92 Å². The highest BCUT2D eigenvalue weighted by Gasteiger charge is 2.30. The van der Waals surface area contributed by atoms with Crippen LogP contribution in [0.15, 0.2) is 24.4 Å². The second-order valence-electron chi connectivity index (χ2n) is 7.56. The topological polar surface area (TPSA) is 83.9 Å². The number of benzene rings is 1. The molecule has 1 aromatic carbocycles. The highest BCUT2D eigenvalue weighted by Crippen LogP contribution is 2.27. The lowest BCUT2D eigenvalue weighted by atomic mass is 9.96. The Kier molecular flexibility index (Phi) is 6.15. The Hall–Kier alpha value is -2.66. The maximum absolute atomic E-state index is 12.6. The molecule has 1 aliphatic heterocycles. The van der Waals surface area contributed by atoms with Crippen molar-refractivity contribution >= 4 is 34.1 Å². The summed E-state index contributed by atoms with van der Waals surface area (Å²) < 4.78 is 37.1. The predicted molar refractivity (Wildman–Crippen MR) is 112 cm³/mol. The van der Waals surface area contributed by atoms with Crippen molar-refractivity contribution < 1.29 is 18.0 Å². The van der Waals surface area contributed by atoms with E-state index < -0.39 is 12.6 Å². The number of nitrogens with zero attached hydrogens (tertiary/aromatic N) is 5. The van der Waals surface area contributed by atoms with Gasteiger partial charge in [0.15, 0.2) is 0 Å². The maximum Gasteiger partial charge on any atom is 0.390 e. The molecule has 0 saturated carbocycles. The largest absolute Gasteiger partial charge is 0.390 e. The van der Waals surface area contributed by atoms with Crippen LogP contribution in [-0.2, 0) is 4.79 Å². The second kappa shape index (κ2) is 8.83. The minimum Gasteiger partial charge on any atom is -0.303 e. The van der Waals surface area contributed by atoms with Crippen molar-refractivity contribution in [3.63, 3.8) is 0 Å². The van der Waals surface area contributed by atoms with Gasteiger partial charge in [-0.1, -0.05) is 23.5 Å². The number of rotatable bonds is 5. The minimum absolute atomic E-state index is 0.0257. The van der Waals surface area contributed by atoms with Crippen molar-refractivity contribution in [1.82, 2.24) is 25.1 Å². The summed E-state index contributed by atoms with van der Waals surface area (Å²) in [6.45, 7) is 2.80. The Morgan fingerprint density at radius 3 is 2.71 bits per heavy atom. The lowest BCUT2D eigenvalue weighted by molar-refractivity contribution is -0.139. The molecule has 164 valence electrons. The summed E-state index contributed by atoms with van der Waals surface area (Å²) in [5.74, 6) is -0.259. The zero-order valence-electron chi connectivity index (χ0n) is 16.8. The molecule has 1 amide bonds. The van der Waals surface area contributed by atoms with Crippen molar-refractivity contribution in [3.8, 4) is 10.6 Å². The summed E-state index contributed by atoms with van der Waals surface area (Å²) in [6.07, 6.45) is -2.31. The molecule has 0 atom stereocenters. The number of piperidine rings is 1. The smallest absolute Gasteiger partial charge is 0.303 e. The van der Waals surface area contributed by atoms with Crippen LogP contribution in [0.3, 0.4) is 0 Å². The van der Waals surface area contributed by atoms with Crippen molar-refractivity contribution in [3.05, 3.63) is 29.4 Å². The van der Waals surface area contributed by atoms with Crippen LogP contribution in [0.4, 0.5) is 19.1 Å². The average molecular weight is 450 g/mol. The van der Waals surface area contributed by atoms with Crippen LogP contribution in [0, 0.1) is 12.8 Å². The van der Waals surface area contributed by atoms with Gasteiger partial charge < -0.3 is 4.90 Å². The van der Waals surface area contributed by atoms with Gasteiger partial charge in [0.05, 0.1) is 11.9 Å². The lowest BCUT2D eigenvalue weighted by Crippen LogP contribution is -2.39. The molecule has 3 aromatic rings. The van der Waals surface area contributed by atoms with E-state index in [0.29, 0.717) is 31.4 Å². The standard InChI is InChI=1S/C20H21F3N6OS/c1-12-27-28-18(31-12)14-2-3-15-11-24-19(25-16(15)10-14)26-17(30)13-4-7-29(8-5-13)9-6-20(21,22)23/h2-3,10-11,13H,4-9H2,1H3,(H,24,25,26,30). The van der Waals surface area contributed by atoms with Gasteiger partial charge in [0.2, 0.25) is 11.9 Å². The number of nitrogens with one attached hydrogen (secondary N) is 1. The number of anilines is 1. The van der Waals surface area contributed by atoms with E-state index in [1.165, 1.54) is 11.3 Å². The zero-order valence-corrected chi connectivity index (χ0v) is 17.6. The summed E-state index contributed by atoms with van der Waals surface area (Å²) in [4.78, 5) is 23.0. The van der Waals surface area contributed by atoms with E-state index in [4.69, 9.17) is 0 Å². The number of halogens is 3. The number of aryl methyl sites for hydroxylation is 1. The van der Waals surface area contributed by atoms with Gasteiger partial charge in [-0.05, 0) is 38.9 Å². The fraction of sp³-hybridized carbons (Fsp3) is 0.450. The highest BCUT2D eigenvalue weighted by atomic mass is 32.1. The van der Waals surface area contributed by atoms with Crippen LogP contribution >= 0.6 is 11.3 Å². The zero-order chi connectivity index (χ0) is 22.0. The van der Waals surface area contributed by atoms with Crippen LogP contribution in [0.1, 0.15) is 24.3 Å². The van der Waals surface area contributed by atoms with Gasteiger partial charge in [0.25, 0.3) is 0 Å². The molecule has 31 heavy (non-hydrogen) atoms. The average Bonchev–Trinajstić information content (AvgIpc) is 3.18. The molecule has 2 aromatic heterocycles. The number of fused-ring (bicyclic) bond motifs is 1. The number of alkyl halides is 3. The Balaban J connectivity index is 1.38. The number of carbonyl (C=O) groups excluding carboxylic acids is 1. The fourth-order valence-electron chi connectivity index (χ4n) is 3.55. The molecule has 4 rings (SSSR count). The van der Waals surface area contributed by atoms with Gasteiger partial charge in [-0.2, -0.15) is 13.2 Å². The van der Waals surface area contributed by atoms with E-state index in [1.807, 2.05) is 25.1 Å². The summed E-state index contributed by atoms with van der Waals surface area (Å²) in [6, 6.07) is 5.70. The van der Waals surface area contributed by atoms with Gasteiger partial charge in [-0.3, -0.25) is 10.1 Å². The lowest BCUT2D eigenvalue weighted by Gasteiger charge is -2.31. The number of likely N-dealkylation sites (tertiary alicyclic amines) is 1. The Labute approximate surface area is 180 Å². The van der Waals surface area contributed by atoms with Crippen molar-refractivity contribution in [2.45, 2.75) is 32.4 Å². The first-order valence-corrected chi connectivity index (χ1v) is 10.8. The van der Waals surface area contributed by atoms with Gasteiger partial charge in [0, 0.05) is 29.6 Å². The molecule has 1 N–H and O–H groups in total. The first-order chi connectivity index (χ1) is 14.8. The first-order valence-electron chi connectivity index (χ1n) is 9.94. The van der Waals surface area contributed by atoms with Gasteiger partial charge in [0.1, 0.15) is 10.0 Å². The number of hydrogen-bond acceptors (Lipinski definition) is 7. The summed E-state index contributed by atoms with van der Waals surface area (Å²) in [7, 11) is 0. The van der Waals surface area contributed by atoms with Crippen LogP contribution in [0.5, 0.6) is 0 Å². The van der Waals surface area contributed by atoms with E-state index in [1.54, 1.807) is 11.1 Å². The maximum atomic E-state index is 12.6. The molecule has 0 bridgehead atoms. The minimum atomic E-state index is -4.16. The summed E-state index contributed by atoms with van der Waals surface area (Å²) in [5, 5.41) is 13.4. The number of hydrogen-bond donors (Lipinski definition) is 1. The van der Waals surface area contributed by atoms with Crippen LogP contribution < -0.4 is 5.32 Å². The Morgan fingerprint density at radius 1 is 1.26 bits per heavy atom. The molecule has 3 heterocycles. The molecule has 7 nitrogen and oxygen atoms in total. The van der Waals surface area contributed by atoms with E-state index >= 15 is 0 Å². The molecule has 0 unspecified atom stereocenters. The SMILES string of the molecule is Cc1nnc(-c2ccc3cnc(NC(=O)C4CCN(CCC(F)(F)F)CC4)nc3c2)s1. The first kappa shape index (κ1) is 21.6. The summed E-state index contributed by atoms with van der Waals surface area (Å²) >= 11 is 1.49. The Morgan fingerprint density at radius 2 is 2.03 bits per heavy atom. The van der Waals surface area contributed by atoms with Crippen LogP contribution in [0.2, 0.25) is 0 Å². The van der Waals surface area contributed by atoms with E-state index in [-0.39, 0.29) is 24.3 Å². The van der Waals surface area contributed by atoms with Crippen molar-refractivity contribution in [2.75, 3.05) is 25.0 Å². The third-order valence-corrected chi connectivity index (χ3v) is 6.15. The normalized spacial score (nSPS) is 16.0. The van der Waals surface area contributed by atoms with Gasteiger partial charge in [-0.25, -0.2) is 9.97 Å². The highest BCUT2D eigenvalue weighted by molar-refractivity contribution is 7.14. The van der Waals surface area contributed by atoms with Gasteiger partial charge in [-0.15, -0.1) is 10.2 Å². The van der Waals surface area contributed by atoms with E-state index in [2.05, 4.69) is 25.5 Å². The summed E-state index contributed by atoms with van der Waals surface area (Å²) in [5.41, 5.74) is 1.57. The second-order valence-corrected chi connectivity index (χ2v) is 8.75. The number of carbonyl (C=O) groups is 1. The number of aromatic nitrogens is 4. The molecule has 1 aliphatic rings. The van der Waals surface area contributed by atoms with Crippen LogP contribution in [-0.4, -0.2) is 56.8 Å². The predicted octanol–water partition coefficient (Wildman–Crippen LogP) is 4.06. The molecule has 0 radical (unpaired) electrons. The van der Waals surface area contributed by atoms with Gasteiger partial charge >= 0.3 is 6.18 Å². The molecular formula is C20H21F3N6OS.